The average Bonchev–Trinajstić information content (AvgIpc) is 3.08. The van der Waals surface area contributed by atoms with Crippen LogP contribution in [0.2, 0.25) is 0 Å². The minimum absolute atomic E-state index is 0.00134. The number of hydrogen-bond acceptors (Lipinski definition) is 3. The van der Waals surface area contributed by atoms with Gasteiger partial charge < -0.3 is 10.0 Å². The zero-order valence-corrected chi connectivity index (χ0v) is 13.8. The fraction of sp³-hybridized carbons (Fsp3) is 0.412. The number of β-amino-alcohol motifs (C(OH)–C–C–N with tert-alkyl or cyclic N) is 1. The van der Waals surface area contributed by atoms with E-state index in [0.717, 1.165) is 6.07 Å². The van der Waals surface area contributed by atoms with Crippen molar-refractivity contribution in [3.05, 3.63) is 52.8 Å². The maximum atomic E-state index is 13.3. The Hall–Kier alpha value is -2.35. The Morgan fingerprint density at radius 2 is 2.00 bits per heavy atom. The van der Waals surface area contributed by atoms with Crippen molar-refractivity contribution < 1.29 is 23.1 Å². The first kappa shape index (κ1) is 17.5. The molecule has 1 saturated heterocycles. The van der Waals surface area contributed by atoms with E-state index < -0.39 is 29.8 Å². The number of aliphatic hydroxyl groups is 1. The van der Waals surface area contributed by atoms with Crippen molar-refractivity contribution in [2.45, 2.75) is 31.7 Å². The highest BCUT2D eigenvalue weighted by molar-refractivity contribution is 5.95. The molecule has 1 aliphatic rings. The van der Waals surface area contributed by atoms with Gasteiger partial charge in [0.15, 0.2) is 0 Å². The molecule has 0 radical (unpaired) electrons. The first-order valence-corrected chi connectivity index (χ1v) is 7.84. The third kappa shape index (κ3) is 3.26. The molecule has 1 aromatic heterocycles. The van der Waals surface area contributed by atoms with Crippen LogP contribution in [0.3, 0.4) is 0 Å². The minimum Gasteiger partial charge on any atom is -0.391 e. The van der Waals surface area contributed by atoms with Gasteiger partial charge in [0.05, 0.1) is 29.0 Å². The second-order valence-electron chi connectivity index (χ2n) is 6.25. The maximum absolute atomic E-state index is 13.3. The van der Waals surface area contributed by atoms with Gasteiger partial charge in [0.2, 0.25) is 0 Å². The van der Waals surface area contributed by atoms with Crippen molar-refractivity contribution >= 4 is 5.91 Å². The van der Waals surface area contributed by atoms with E-state index in [1.165, 1.54) is 34.0 Å². The number of likely N-dealkylation sites (tertiary alicyclic amines) is 1. The summed E-state index contributed by atoms with van der Waals surface area (Å²) in [6, 6.07) is 4.35. The molecule has 0 unspecified atom stereocenters. The Labute approximate surface area is 142 Å². The summed E-state index contributed by atoms with van der Waals surface area (Å²) in [5.74, 6) is -0.427. The predicted octanol–water partition coefficient (Wildman–Crippen LogP) is 2.70. The smallest absolute Gasteiger partial charge is 0.391 e. The summed E-state index contributed by atoms with van der Waals surface area (Å²) in [7, 11) is 1.67. The van der Waals surface area contributed by atoms with Crippen molar-refractivity contribution in [3.8, 4) is 0 Å². The van der Waals surface area contributed by atoms with Crippen molar-refractivity contribution in [1.29, 1.82) is 0 Å². The Bertz CT molecular complexity index is 801. The maximum Gasteiger partial charge on any atom is 0.416 e. The minimum atomic E-state index is -4.52. The van der Waals surface area contributed by atoms with E-state index in [0.29, 0.717) is 11.3 Å². The van der Waals surface area contributed by atoms with Gasteiger partial charge >= 0.3 is 6.18 Å². The van der Waals surface area contributed by atoms with Gasteiger partial charge in [-0.05, 0) is 25.0 Å². The molecule has 0 aliphatic carbocycles. The summed E-state index contributed by atoms with van der Waals surface area (Å²) in [5.41, 5.74) is 0.0408. The van der Waals surface area contributed by atoms with Gasteiger partial charge in [-0.1, -0.05) is 18.2 Å². The highest BCUT2D eigenvalue weighted by Gasteiger charge is 2.42. The number of rotatable bonds is 2. The number of aryl methyl sites for hydroxylation is 2. The van der Waals surface area contributed by atoms with Crippen LogP contribution in [-0.4, -0.2) is 38.3 Å². The predicted molar refractivity (Wildman–Crippen MR) is 83.8 cm³/mol. The molecule has 1 amide bonds. The van der Waals surface area contributed by atoms with E-state index in [9.17, 15) is 23.1 Å². The number of aromatic nitrogens is 2. The lowest BCUT2D eigenvalue weighted by Crippen LogP contribution is -2.32. The van der Waals surface area contributed by atoms with E-state index in [2.05, 4.69) is 5.10 Å². The summed E-state index contributed by atoms with van der Waals surface area (Å²) in [4.78, 5) is 14.2. The lowest BCUT2D eigenvalue weighted by molar-refractivity contribution is -0.138. The lowest BCUT2D eigenvalue weighted by atomic mass is 9.97. The zero-order chi connectivity index (χ0) is 18.4. The van der Waals surface area contributed by atoms with Crippen LogP contribution in [0, 0.1) is 6.92 Å². The number of nitrogens with zero attached hydrogens (tertiary/aromatic N) is 3. The monoisotopic (exact) mass is 353 g/mol. The molecule has 2 aromatic rings. The van der Waals surface area contributed by atoms with Crippen LogP contribution in [0.15, 0.2) is 30.5 Å². The number of amides is 1. The molecule has 1 aliphatic heterocycles. The van der Waals surface area contributed by atoms with E-state index in [1.54, 1.807) is 14.0 Å². The lowest BCUT2D eigenvalue weighted by Gasteiger charge is -2.27. The van der Waals surface area contributed by atoms with Gasteiger partial charge in [-0.3, -0.25) is 9.48 Å². The van der Waals surface area contributed by atoms with E-state index in [4.69, 9.17) is 0 Å². The third-order valence-corrected chi connectivity index (χ3v) is 4.41. The molecular formula is C17H18F3N3O2. The van der Waals surface area contributed by atoms with Crippen LogP contribution in [0.4, 0.5) is 13.2 Å². The van der Waals surface area contributed by atoms with Gasteiger partial charge in [-0.15, -0.1) is 0 Å². The van der Waals surface area contributed by atoms with Crippen LogP contribution in [0.25, 0.3) is 0 Å². The van der Waals surface area contributed by atoms with Crippen molar-refractivity contribution in [3.63, 3.8) is 0 Å². The second kappa shape index (κ2) is 6.18. The fourth-order valence-corrected chi connectivity index (χ4v) is 3.34. The Morgan fingerprint density at radius 1 is 1.32 bits per heavy atom. The molecule has 25 heavy (non-hydrogen) atoms. The van der Waals surface area contributed by atoms with Gasteiger partial charge in [0.1, 0.15) is 0 Å². The number of benzene rings is 1. The Morgan fingerprint density at radius 3 is 2.60 bits per heavy atom. The molecule has 1 N–H and O–H groups in total. The van der Waals surface area contributed by atoms with Crippen LogP contribution < -0.4 is 0 Å². The molecule has 2 heterocycles. The van der Waals surface area contributed by atoms with Crippen LogP contribution in [0.1, 0.15) is 39.6 Å². The number of carbonyl (C=O) groups excluding carboxylic acids is 1. The van der Waals surface area contributed by atoms with Crippen LogP contribution >= 0.6 is 0 Å². The summed E-state index contributed by atoms with van der Waals surface area (Å²) in [6.07, 6.45) is -3.79. The molecule has 134 valence electrons. The molecular weight excluding hydrogens is 335 g/mol. The zero-order valence-electron chi connectivity index (χ0n) is 13.8. The largest absolute Gasteiger partial charge is 0.416 e. The number of halogens is 3. The highest BCUT2D eigenvalue weighted by atomic mass is 19.4. The summed E-state index contributed by atoms with van der Waals surface area (Å²) < 4.78 is 41.5. The summed E-state index contributed by atoms with van der Waals surface area (Å²) in [5, 5.41) is 14.1. The van der Waals surface area contributed by atoms with Crippen molar-refractivity contribution in [2.75, 3.05) is 6.54 Å². The van der Waals surface area contributed by atoms with E-state index in [-0.39, 0.29) is 18.5 Å². The van der Waals surface area contributed by atoms with Gasteiger partial charge in [0.25, 0.3) is 5.91 Å². The SMILES string of the molecule is Cc1nn(C)cc1C(=O)N1C[C@@H](O)C[C@H]1c1ccccc1C(F)(F)F. The topological polar surface area (TPSA) is 58.4 Å². The quantitative estimate of drug-likeness (QED) is 0.903. The van der Waals surface area contributed by atoms with Gasteiger partial charge in [-0.2, -0.15) is 18.3 Å². The van der Waals surface area contributed by atoms with E-state index in [1.807, 2.05) is 0 Å². The van der Waals surface area contributed by atoms with Gasteiger partial charge in [0, 0.05) is 19.8 Å². The molecule has 1 aromatic carbocycles. The normalized spacial score (nSPS) is 21.0. The number of aliphatic hydroxyl groups excluding tert-OH is 1. The standard InChI is InChI=1S/C17H18F3N3O2/c1-10-13(9-22(2)21-10)16(25)23-8-11(24)7-15(23)12-5-3-4-6-14(12)17(18,19)20/h3-6,9,11,15,24H,7-8H2,1-2H3/t11-,15-/m0/s1. The molecule has 0 bridgehead atoms. The molecule has 0 saturated carbocycles. The Balaban J connectivity index is 2.01. The first-order chi connectivity index (χ1) is 11.7. The molecule has 3 rings (SSSR count). The Kier molecular flexibility index (Phi) is 4.32. The molecule has 1 fully saturated rings. The second-order valence-corrected chi connectivity index (χ2v) is 6.25. The van der Waals surface area contributed by atoms with E-state index >= 15 is 0 Å². The number of hydrogen-bond donors (Lipinski definition) is 1. The third-order valence-electron chi connectivity index (χ3n) is 4.41. The van der Waals surface area contributed by atoms with Crippen LogP contribution in [0.5, 0.6) is 0 Å². The highest BCUT2D eigenvalue weighted by Crippen LogP contribution is 2.41. The summed E-state index contributed by atoms with van der Waals surface area (Å²) >= 11 is 0. The van der Waals surface area contributed by atoms with Crippen LogP contribution in [-0.2, 0) is 13.2 Å². The molecule has 0 spiro atoms. The molecule has 8 heteroatoms. The van der Waals surface area contributed by atoms with Crippen molar-refractivity contribution in [2.24, 2.45) is 7.05 Å². The fourth-order valence-electron chi connectivity index (χ4n) is 3.34. The van der Waals surface area contributed by atoms with Gasteiger partial charge in [-0.25, -0.2) is 0 Å². The first-order valence-electron chi connectivity index (χ1n) is 7.84. The molecule has 5 nitrogen and oxygen atoms in total. The summed E-state index contributed by atoms with van der Waals surface area (Å²) in [6.45, 7) is 1.66. The van der Waals surface area contributed by atoms with Crippen molar-refractivity contribution in [1.82, 2.24) is 14.7 Å². The average molecular weight is 353 g/mol. The number of alkyl halides is 3. The number of carbonyl (C=O) groups is 1. The molecule has 2 atom stereocenters.